The number of nitrogens with zero attached hydrogens (tertiary/aromatic N) is 4. The van der Waals surface area contributed by atoms with E-state index in [2.05, 4.69) is 20.4 Å². The van der Waals surface area contributed by atoms with E-state index in [9.17, 15) is 0 Å². The molecule has 0 atom stereocenters. The molecule has 19 heavy (non-hydrogen) atoms. The van der Waals surface area contributed by atoms with E-state index in [-0.39, 0.29) is 6.61 Å². The largest absolute Gasteiger partial charge is 0.481 e. The summed E-state index contributed by atoms with van der Waals surface area (Å²) in [5, 5.41) is 16.6. The van der Waals surface area contributed by atoms with Gasteiger partial charge in [-0.2, -0.15) is 10.1 Å². The molecule has 0 amide bonds. The van der Waals surface area contributed by atoms with Crippen molar-refractivity contribution in [2.75, 3.05) is 25.6 Å². The molecule has 0 spiro atoms. The van der Waals surface area contributed by atoms with E-state index in [1.54, 1.807) is 24.1 Å². The number of aromatic nitrogens is 4. The van der Waals surface area contributed by atoms with Crippen LogP contribution in [0.15, 0.2) is 18.3 Å². The molecule has 0 fully saturated rings. The van der Waals surface area contributed by atoms with Crippen LogP contribution in [0.3, 0.4) is 0 Å². The van der Waals surface area contributed by atoms with Crippen LogP contribution in [0.1, 0.15) is 6.92 Å². The van der Waals surface area contributed by atoms with Crippen LogP contribution in [0.25, 0.3) is 11.5 Å². The molecule has 2 aromatic rings. The molecule has 0 radical (unpaired) electrons. The third kappa shape index (κ3) is 3.00. The Morgan fingerprint density at radius 2 is 2.32 bits per heavy atom. The lowest BCUT2D eigenvalue weighted by Crippen LogP contribution is -2.09. The molecule has 0 unspecified atom stereocenters. The first-order valence-electron chi connectivity index (χ1n) is 6.08. The highest BCUT2D eigenvalue weighted by atomic mass is 16.5. The lowest BCUT2D eigenvalue weighted by molar-refractivity contribution is 0.270. The lowest BCUT2D eigenvalue weighted by atomic mass is 10.4. The topological polar surface area (TPSA) is 85.1 Å². The Kier molecular flexibility index (Phi) is 4.30. The Bertz CT molecular complexity index is 517. The Hall–Kier alpha value is -2.15. The van der Waals surface area contributed by atoms with Crippen LogP contribution in [0.4, 0.5) is 5.82 Å². The molecule has 0 aliphatic rings. The van der Waals surface area contributed by atoms with Crippen LogP contribution in [-0.2, 0) is 6.54 Å². The van der Waals surface area contributed by atoms with Gasteiger partial charge in [0.25, 0.3) is 0 Å². The van der Waals surface area contributed by atoms with E-state index in [0.29, 0.717) is 23.9 Å². The van der Waals surface area contributed by atoms with Crippen molar-refractivity contribution in [3.8, 4) is 17.4 Å². The monoisotopic (exact) mass is 263 g/mol. The standard InChI is InChI=1S/C12H17N5O2/c1-3-13-10-8-9(16-17(10)6-7-18)12-14-5-4-11(15-12)19-2/h4-5,8,13,18H,3,6-7H2,1-2H3. The predicted octanol–water partition coefficient (Wildman–Crippen LogP) is 0.773. The van der Waals surface area contributed by atoms with E-state index < -0.39 is 0 Å². The predicted molar refractivity (Wildman–Crippen MR) is 71.1 cm³/mol. The first-order valence-corrected chi connectivity index (χ1v) is 6.08. The number of methoxy groups -OCH3 is 1. The van der Waals surface area contributed by atoms with Gasteiger partial charge in [-0.15, -0.1) is 0 Å². The molecular weight excluding hydrogens is 246 g/mol. The summed E-state index contributed by atoms with van der Waals surface area (Å²) < 4.78 is 6.76. The molecule has 0 aliphatic heterocycles. The van der Waals surface area contributed by atoms with Crippen LogP contribution in [0.2, 0.25) is 0 Å². The Morgan fingerprint density at radius 3 is 3.00 bits per heavy atom. The van der Waals surface area contributed by atoms with Gasteiger partial charge in [-0.25, -0.2) is 9.67 Å². The zero-order valence-corrected chi connectivity index (χ0v) is 11.0. The second-order valence-corrected chi connectivity index (χ2v) is 3.81. The quantitative estimate of drug-likeness (QED) is 0.801. The summed E-state index contributed by atoms with van der Waals surface area (Å²) >= 11 is 0. The van der Waals surface area contributed by atoms with Gasteiger partial charge in [-0.1, -0.05) is 0 Å². The van der Waals surface area contributed by atoms with Gasteiger partial charge in [0, 0.05) is 24.9 Å². The van der Waals surface area contributed by atoms with E-state index in [1.165, 1.54) is 0 Å². The maximum absolute atomic E-state index is 9.03. The van der Waals surface area contributed by atoms with Crippen molar-refractivity contribution in [3.63, 3.8) is 0 Å². The lowest BCUT2D eigenvalue weighted by Gasteiger charge is -2.05. The van der Waals surface area contributed by atoms with Gasteiger partial charge in [0.1, 0.15) is 11.5 Å². The van der Waals surface area contributed by atoms with E-state index >= 15 is 0 Å². The second-order valence-electron chi connectivity index (χ2n) is 3.81. The van der Waals surface area contributed by atoms with Gasteiger partial charge in [0.2, 0.25) is 5.88 Å². The number of rotatable bonds is 6. The number of hydrogen-bond donors (Lipinski definition) is 2. The number of nitrogens with one attached hydrogen (secondary N) is 1. The van der Waals surface area contributed by atoms with Crippen LogP contribution in [0, 0.1) is 0 Å². The minimum absolute atomic E-state index is 0.0263. The fourth-order valence-electron chi connectivity index (χ4n) is 1.69. The maximum atomic E-state index is 9.03. The normalized spacial score (nSPS) is 10.5. The van der Waals surface area contributed by atoms with Gasteiger partial charge in [-0.3, -0.25) is 0 Å². The van der Waals surface area contributed by atoms with Crippen molar-refractivity contribution < 1.29 is 9.84 Å². The average Bonchev–Trinajstić information content (AvgIpc) is 2.83. The summed E-state index contributed by atoms with van der Waals surface area (Å²) in [5.74, 6) is 1.82. The van der Waals surface area contributed by atoms with Crippen molar-refractivity contribution in [3.05, 3.63) is 18.3 Å². The summed E-state index contributed by atoms with van der Waals surface area (Å²) in [6.07, 6.45) is 1.62. The molecule has 7 nitrogen and oxygen atoms in total. The first-order chi connectivity index (χ1) is 9.28. The highest BCUT2D eigenvalue weighted by Crippen LogP contribution is 2.20. The van der Waals surface area contributed by atoms with Gasteiger partial charge in [-0.05, 0) is 6.92 Å². The average molecular weight is 263 g/mol. The second kappa shape index (κ2) is 6.14. The molecule has 7 heteroatoms. The summed E-state index contributed by atoms with van der Waals surface area (Å²) in [7, 11) is 1.56. The molecule has 0 saturated carbocycles. The molecule has 2 rings (SSSR count). The number of aliphatic hydroxyl groups is 1. The number of ether oxygens (including phenoxy) is 1. The van der Waals surface area contributed by atoms with E-state index in [0.717, 1.165) is 12.4 Å². The fraction of sp³-hybridized carbons (Fsp3) is 0.417. The number of aliphatic hydroxyl groups excluding tert-OH is 1. The van der Waals surface area contributed by atoms with Crippen molar-refractivity contribution >= 4 is 5.82 Å². The van der Waals surface area contributed by atoms with Gasteiger partial charge in [0.15, 0.2) is 5.82 Å². The van der Waals surface area contributed by atoms with Crippen LogP contribution in [-0.4, -0.2) is 45.1 Å². The number of hydrogen-bond acceptors (Lipinski definition) is 6. The first kappa shape index (κ1) is 13.3. The Balaban J connectivity index is 2.35. The van der Waals surface area contributed by atoms with Crippen molar-refractivity contribution in [1.29, 1.82) is 0 Å². The Labute approximate surface area is 111 Å². The Morgan fingerprint density at radius 1 is 1.47 bits per heavy atom. The van der Waals surface area contributed by atoms with Gasteiger partial charge >= 0.3 is 0 Å². The molecule has 102 valence electrons. The van der Waals surface area contributed by atoms with Crippen LogP contribution in [0.5, 0.6) is 5.88 Å². The molecule has 0 aromatic carbocycles. The third-order valence-electron chi connectivity index (χ3n) is 2.52. The minimum atomic E-state index is 0.0263. The van der Waals surface area contributed by atoms with Gasteiger partial charge in [0.05, 0.1) is 20.3 Å². The van der Waals surface area contributed by atoms with E-state index in [1.807, 2.05) is 13.0 Å². The zero-order valence-electron chi connectivity index (χ0n) is 11.0. The highest BCUT2D eigenvalue weighted by Gasteiger charge is 2.11. The smallest absolute Gasteiger partial charge is 0.216 e. The summed E-state index contributed by atoms with van der Waals surface area (Å²) in [6.45, 7) is 3.22. The zero-order chi connectivity index (χ0) is 13.7. The summed E-state index contributed by atoms with van der Waals surface area (Å²) in [6, 6.07) is 3.54. The van der Waals surface area contributed by atoms with Gasteiger partial charge < -0.3 is 15.2 Å². The summed E-state index contributed by atoms with van der Waals surface area (Å²) in [5.41, 5.74) is 0.642. The highest BCUT2D eigenvalue weighted by molar-refractivity contribution is 5.56. The third-order valence-corrected chi connectivity index (χ3v) is 2.52. The minimum Gasteiger partial charge on any atom is -0.481 e. The molecular formula is C12H17N5O2. The van der Waals surface area contributed by atoms with Crippen molar-refractivity contribution in [1.82, 2.24) is 19.7 Å². The molecule has 0 saturated heterocycles. The fourth-order valence-corrected chi connectivity index (χ4v) is 1.69. The molecule has 0 aliphatic carbocycles. The van der Waals surface area contributed by atoms with E-state index in [4.69, 9.17) is 9.84 Å². The SMILES string of the molecule is CCNc1cc(-c2nccc(OC)n2)nn1CCO. The van der Waals surface area contributed by atoms with Crippen LogP contribution >= 0.6 is 0 Å². The molecule has 2 aromatic heterocycles. The summed E-state index contributed by atoms with van der Waals surface area (Å²) in [4.78, 5) is 8.41. The van der Waals surface area contributed by atoms with Crippen molar-refractivity contribution in [2.24, 2.45) is 0 Å². The number of anilines is 1. The van der Waals surface area contributed by atoms with Crippen LogP contribution < -0.4 is 10.1 Å². The molecule has 2 N–H and O–H groups in total. The maximum Gasteiger partial charge on any atom is 0.216 e. The van der Waals surface area contributed by atoms with Crippen molar-refractivity contribution in [2.45, 2.75) is 13.5 Å². The molecule has 0 bridgehead atoms. The molecule has 2 heterocycles.